The minimum Gasteiger partial charge on any atom is -0.482 e. The van der Waals surface area contributed by atoms with E-state index < -0.39 is 23.8 Å². The molecule has 1 aromatic carbocycles. The molecule has 5 N–H and O–H groups in total. The van der Waals surface area contributed by atoms with Gasteiger partial charge >= 0.3 is 11.9 Å². The highest BCUT2D eigenvalue weighted by Crippen LogP contribution is 2.51. The zero-order valence-electron chi connectivity index (χ0n) is 30.8. The van der Waals surface area contributed by atoms with Gasteiger partial charge in [0.05, 0.1) is 11.8 Å². The number of fused-ring (bicyclic) bond motifs is 2. The first kappa shape index (κ1) is 39.6. The summed E-state index contributed by atoms with van der Waals surface area (Å²) in [5.74, 6) is -0.0614. The van der Waals surface area contributed by atoms with Crippen molar-refractivity contribution in [1.82, 2.24) is 10.6 Å². The Bertz CT molecular complexity index is 1270. The highest BCUT2D eigenvalue weighted by molar-refractivity contribution is 5.91. The summed E-state index contributed by atoms with van der Waals surface area (Å²) >= 11 is 0. The number of ether oxygens (including phenoxy) is 2. The third kappa shape index (κ3) is 10.9. The van der Waals surface area contributed by atoms with Crippen molar-refractivity contribution in [1.29, 1.82) is 0 Å². The summed E-state index contributed by atoms with van der Waals surface area (Å²) in [6.45, 7) is 6.84. The molecule has 50 heavy (non-hydrogen) atoms. The second-order valence-electron chi connectivity index (χ2n) is 15.2. The van der Waals surface area contributed by atoms with Crippen molar-refractivity contribution in [2.24, 2.45) is 41.2 Å². The summed E-state index contributed by atoms with van der Waals surface area (Å²) in [7, 11) is 0. The number of rotatable bonds is 20. The molecule has 10 heteroatoms. The van der Waals surface area contributed by atoms with E-state index in [0.717, 1.165) is 95.5 Å². The predicted molar refractivity (Wildman–Crippen MR) is 193 cm³/mol. The third-order valence-electron chi connectivity index (χ3n) is 11.7. The Balaban J connectivity index is 1.38. The fourth-order valence-electron chi connectivity index (χ4n) is 8.94. The fourth-order valence-corrected chi connectivity index (χ4v) is 8.94. The molecule has 0 saturated heterocycles. The molecule has 0 bridgehead atoms. The van der Waals surface area contributed by atoms with Crippen molar-refractivity contribution in [3.8, 4) is 5.75 Å². The number of carboxylic acids is 1. The first-order valence-electron chi connectivity index (χ1n) is 19.6. The molecule has 8 atom stereocenters. The van der Waals surface area contributed by atoms with Crippen LogP contribution in [-0.4, -0.2) is 60.7 Å². The Morgan fingerprint density at radius 2 is 1.72 bits per heavy atom. The zero-order valence-corrected chi connectivity index (χ0v) is 30.8. The number of nitrogens with two attached hydrogens (primary N) is 1. The molecule has 1 unspecified atom stereocenters. The molecule has 280 valence electrons. The molecule has 0 heterocycles. The van der Waals surface area contributed by atoms with Crippen molar-refractivity contribution in [2.45, 2.75) is 136 Å². The van der Waals surface area contributed by atoms with Gasteiger partial charge in [0.25, 0.3) is 0 Å². The van der Waals surface area contributed by atoms with Crippen LogP contribution in [0.5, 0.6) is 5.75 Å². The molecule has 3 aliphatic carbocycles. The molecule has 2 saturated carbocycles. The van der Waals surface area contributed by atoms with E-state index >= 15 is 0 Å². The molecule has 3 aliphatic rings. The Labute approximate surface area is 299 Å². The van der Waals surface area contributed by atoms with Crippen LogP contribution in [0.15, 0.2) is 18.2 Å². The molecule has 4 rings (SSSR count). The van der Waals surface area contributed by atoms with E-state index in [-0.39, 0.29) is 37.0 Å². The van der Waals surface area contributed by atoms with Crippen LogP contribution in [-0.2, 0) is 36.8 Å². The van der Waals surface area contributed by atoms with Gasteiger partial charge in [0.15, 0.2) is 6.61 Å². The molecular weight excluding hydrogens is 634 g/mol. The van der Waals surface area contributed by atoms with Gasteiger partial charge in [-0.05, 0) is 105 Å². The highest BCUT2D eigenvalue weighted by Gasteiger charge is 2.44. The van der Waals surface area contributed by atoms with E-state index in [1.54, 1.807) is 0 Å². The Morgan fingerprint density at radius 1 is 0.980 bits per heavy atom. The highest BCUT2D eigenvalue weighted by atomic mass is 16.5. The minimum atomic E-state index is -0.972. The number of carbonyl (C=O) groups excluding carboxylic acids is 3. The maximum absolute atomic E-state index is 13.8. The van der Waals surface area contributed by atoms with E-state index in [1.165, 1.54) is 5.56 Å². The van der Waals surface area contributed by atoms with E-state index in [0.29, 0.717) is 48.8 Å². The topological polar surface area (TPSA) is 157 Å². The van der Waals surface area contributed by atoms with Gasteiger partial charge in [-0.1, -0.05) is 71.4 Å². The summed E-state index contributed by atoms with van der Waals surface area (Å²) in [5, 5.41) is 14.9. The zero-order chi connectivity index (χ0) is 36.0. The van der Waals surface area contributed by atoms with Crippen LogP contribution in [0.4, 0.5) is 0 Å². The number of hydrogen-bond donors (Lipinski definition) is 4. The second-order valence-corrected chi connectivity index (χ2v) is 15.2. The molecule has 0 radical (unpaired) electrons. The normalized spacial score (nSPS) is 25.4. The number of hydrogen-bond acceptors (Lipinski definition) is 7. The van der Waals surface area contributed by atoms with Crippen molar-refractivity contribution < 1.29 is 33.8 Å². The summed E-state index contributed by atoms with van der Waals surface area (Å²) < 4.78 is 12.0. The average Bonchev–Trinajstić information content (AvgIpc) is 3.42. The predicted octanol–water partition coefficient (Wildman–Crippen LogP) is 5.97. The molecule has 0 spiro atoms. The number of amides is 2. The van der Waals surface area contributed by atoms with Crippen LogP contribution in [0, 0.1) is 35.5 Å². The molecule has 10 nitrogen and oxygen atoms in total. The summed E-state index contributed by atoms with van der Waals surface area (Å²) in [5.41, 5.74) is 8.31. The van der Waals surface area contributed by atoms with E-state index in [2.05, 4.69) is 37.5 Å². The smallest absolute Gasteiger partial charge is 0.341 e. The number of carbonyl (C=O) groups is 4. The van der Waals surface area contributed by atoms with Gasteiger partial charge in [-0.3, -0.25) is 14.4 Å². The van der Waals surface area contributed by atoms with Crippen LogP contribution in [0.25, 0.3) is 0 Å². The van der Waals surface area contributed by atoms with E-state index in [4.69, 9.17) is 20.3 Å². The van der Waals surface area contributed by atoms with Gasteiger partial charge in [0.2, 0.25) is 11.8 Å². The number of benzene rings is 1. The average molecular weight is 698 g/mol. The monoisotopic (exact) mass is 697 g/mol. The number of carboxylic acid groups (broad SMARTS) is 1. The van der Waals surface area contributed by atoms with Crippen LogP contribution >= 0.6 is 0 Å². The number of esters is 1. The van der Waals surface area contributed by atoms with E-state index in [9.17, 15) is 19.2 Å². The van der Waals surface area contributed by atoms with Crippen molar-refractivity contribution in [3.63, 3.8) is 0 Å². The van der Waals surface area contributed by atoms with E-state index in [1.807, 2.05) is 12.1 Å². The fraction of sp³-hybridized carbons (Fsp3) is 0.750. The number of aliphatic carboxylic acids is 1. The molecule has 0 aliphatic heterocycles. The summed E-state index contributed by atoms with van der Waals surface area (Å²) in [4.78, 5) is 51.2. The minimum absolute atomic E-state index is 0.000619. The SMILES string of the molecule is CCCCCNC(=O)C(CN)NC(=O)[C@H]1CCCC[C@H]1C(=O)O[C@@H](CCCCC)CC[C@@H]1[C@H]2Cc3cccc(OCC(=O)O)c3C[C@H]2C[C@H]1C. The standard InChI is InChI=1S/C40H63N3O7/c1-4-6-8-14-29(18-19-30-26(3)21-28-23-34-27(22-33(28)30)13-12-17-36(34)49-25-37(44)45)50-40(48)32-16-10-9-15-31(32)38(46)43-35(24-41)39(47)42-20-11-7-5-2/h12-13,17,26,28-33,35H,4-11,14-16,18-25,41H2,1-3H3,(H,42,47)(H,43,46)(H,44,45)/t26-,28-,29+,30+,31+,32-,33+,35?/m1/s1. The molecule has 0 aromatic heterocycles. The number of unbranched alkanes of at least 4 members (excludes halogenated alkanes) is 4. The van der Waals surface area contributed by atoms with Crippen LogP contribution in [0.1, 0.15) is 122 Å². The van der Waals surface area contributed by atoms with Crippen LogP contribution in [0.2, 0.25) is 0 Å². The first-order valence-corrected chi connectivity index (χ1v) is 19.6. The summed E-state index contributed by atoms with van der Waals surface area (Å²) in [6, 6.07) is 5.18. The largest absolute Gasteiger partial charge is 0.482 e. The Hall–Kier alpha value is -3.14. The van der Waals surface area contributed by atoms with Crippen molar-refractivity contribution in [2.75, 3.05) is 19.7 Å². The van der Waals surface area contributed by atoms with Gasteiger partial charge in [-0.15, -0.1) is 0 Å². The quantitative estimate of drug-likeness (QED) is 0.0960. The molecular formula is C40H63N3O7. The van der Waals surface area contributed by atoms with Gasteiger partial charge in [0.1, 0.15) is 17.9 Å². The molecule has 2 amide bonds. The van der Waals surface area contributed by atoms with Gasteiger partial charge in [-0.25, -0.2) is 4.79 Å². The summed E-state index contributed by atoms with van der Waals surface area (Å²) in [6.07, 6.45) is 14.4. The number of nitrogens with one attached hydrogen (secondary N) is 2. The lowest BCUT2D eigenvalue weighted by Crippen LogP contribution is -2.53. The van der Waals surface area contributed by atoms with Crippen molar-refractivity contribution in [3.05, 3.63) is 29.3 Å². The second kappa shape index (κ2) is 20.0. The van der Waals surface area contributed by atoms with Crippen LogP contribution in [0.3, 0.4) is 0 Å². The molecule has 2 fully saturated rings. The first-order chi connectivity index (χ1) is 24.2. The Morgan fingerprint density at radius 3 is 2.44 bits per heavy atom. The molecule has 1 aromatic rings. The van der Waals surface area contributed by atoms with Crippen LogP contribution < -0.4 is 21.1 Å². The maximum Gasteiger partial charge on any atom is 0.341 e. The maximum atomic E-state index is 13.8. The van der Waals surface area contributed by atoms with Gasteiger partial charge in [0, 0.05) is 13.1 Å². The Kier molecular flexibility index (Phi) is 15.9. The lowest BCUT2D eigenvalue weighted by atomic mass is 9.73. The van der Waals surface area contributed by atoms with Gasteiger partial charge in [-0.2, -0.15) is 0 Å². The van der Waals surface area contributed by atoms with Gasteiger partial charge < -0.3 is 30.9 Å². The lowest BCUT2D eigenvalue weighted by Gasteiger charge is -2.34. The third-order valence-corrected chi connectivity index (χ3v) is 11.7. The van der Waals surface area contributed by atoms with Crippen molar-refractivity contribution >= 4 is 23.8 Å². The lowest BCUT2D eigenvalue weighted by molar-refractivity contribution is -0.161.